The van der Waals surface area contributed by atoms with Crippen LogP contribution in [-0.4, -0.2) is 10.7 Å². The molecule has 0 aliphatic carbocycles. The zero-order valence-corrected chi connectivity index (χ0v) is 16.7. The highest BCUT2D eigenvalue weighted by Gasteiger charge is 2.43. The molecule has 0 bridgehead atoms. The van der Waals surface area contributed by atoms with Crippen molar-refractivity contribution in [1.29, 1.82) is 0 Å². The van der Waals surface area contributed by atoms with Gasteiger partial charge in [0.15, 0.2) is 5.78 Å². The van der Waals surface area contributed by atoms with Crippen molar-refractivity contribution in [3.63, 3.8) is 0 Å². The predicted octanol–water partition coefficient (Wildman–Crippen LogP) is 5.42. The average molecular weight is 421 g/mol. The van der Waals surface area contributed by atoms with E-state index >= 15 is 0 Å². The Morgan fingerprint density at radius 3 is 2.37 bits per heavy atom. The number of carbonyl (C=O) groups is 1. The summed E-state index contributed by atoms with van der Waals surface area (Å²) in [5.74, 6) is -0.965. The number of carbonyl (C=O) groups excluding carboxylic acids is 1. The van der Waals surface area contributed by atoms with Crippen LogP contribution in [0.25, 0.3) is 5.70 Å². The zero-order chi connectivity index (χ0) is 21.3. The lowest BCUT2D eigenvalue weighted by atomic mass is 9.82. The summed E-state index contributed by atoms with van der Waals surface area (Å²) >= 11 is 5.94. The first kappa shape index (κ1) is 19.7. The Kier molecular flexibility index (Phi) is 5.25. The number of Topliss-reactive ketones (excluding diaryl/α,β-unsaturated/α-hetero) is 1. The standard InChI is InChI=1S/C23H17ClN2O4/c1-14-19(23(27)16-9-11-17(24)12-10-16)20(18-8-5-13-30-18)22(26(28)29)21(25-14)15-6-3-2-4-7-15/h2-13,20,25H,1H3. The van der Waals surface area contributed by atoms with Crippen LogP contribution >= 0.6 is 11.6 Å². The van der Waals surface area contributed by atoms with Crippen LogP contribution in [0.1, 0.15) is 34.5 Å². The second-order valence-corrected chi connectivity index (χ2v) is 7.27. The molecule has 2 heterocycles. The van der Waals surface area contributed by atoms with Crippen LogP contribution in [0.5, 0.6) is 0 Å². The monoisotopic (exact) mass is 420 g/mol. The molecule has 1 aliphatic heterocycles. The molecule has 4 rings (SSSR count). The molecule has 0 saturated carbocycles. The first-order valence-electron chi connectivity index (χ1n) is 9.23. The van der Waals surface area contributed by atoms with E-state index in [1.165, 1.54) is 6.26 Å². The molecule has 0 amide bonds. The average Bonchev–Trinajstić information content (AvgIpc) is 3.28. The minimum absolute atomic E-state index is 0.140. The van der Waals surface area contributed by atoms with Gasteiger partial charge >= 0.3 is 0 Å². The number of ketones is 1. The van der Waals surface area contributed by atoms with Gasteiger partial charge in [0.2, 0.25) is 0 Å². The van der Waals surface area contributed by atoms with E-state index < -0.39 is 10.8 Å². The highest BCUT2D eigenvalue weighted by atomic mass is 35.5. The Labute approximate surface area is 177 Å². The van der Waals surface area contributed by atoms with Gasteiger partial charge in [-0.1, -0.05) is 41.9 Å². The molecule has 1 N–H and O–H groups in total. The van der Waals surface area contributed by atoms with E-state index in [1.807, 2.05) is 6.07 Å². The summed E-state index contributed by atoms with van der Waals surface area (Å²) in [4.78, 5) is 25.2. The van der Waals surface area contributed by atoms with Crippen molar-refractivity contribution in [1.82, 2.24) is 5.32 Å². The van der Waals surface area contributed by atoms with E-state index in [-0.39, 0.29) is 17.1 Å². The lowest BCUT2D eigenvalue weighted by Gasteiger charge is -2.27. The number of nitrogens with zero attached hydrogens (tertiary/aromatic N) is 1. The van der Waals surface area contributed by atoms with Crippen LogP contribution in [0.4, 0.5) is 0 Å². The maximum absolute atomic E-state index is 13.4. The van der Waals surface area contributed by atoms with E-state index in [0.717, 1.165) is 0 Å². The first-order chi connectivity index (χ1) is 14.5. The number of allylic oxidation sites excluding steroid dienone is 2. The van der Waals surface area contributed by atoms with Gasteiger partial charge in [-0.3, -0.25) is 14.9 Å². The number of benzene rings is 2. The fraction of sp³-hybridized carbons (Fsp3) is 0.0870. The Morgan fingerprint density at radius 2 is 1.77 bits per heavy atom. The highest BCUT2D eigenvalue weighted by molar-refractivity contribution is 6.30. The minimum atomic E-state index is -0.963. The second-order valence-electron chi connectivity index (χ2n) is 6.83. The number of nitrogens with one attached hydrogen (secondary N) is 1. The van der Waals surface area contributed by atoms with Gasteiger partial charge in [-0.15, -0.1) is 0 Å². The van der Waals surface area contributed by atoms with Crippen molar-refractivity contribution in [2.45, 2.75) is 12.8 Å². The maximum Gasteiger partial charge on any atom is 0.285 e. The largest absolute Gasteiger partial charge is 0.468 e. The first-order valence-corrected chi connectivity index (χ1v) is 9.60. The summed E-state index contributed by atoms with van der Waals surface area (Å²) in [6, 6.07) is 18.7. The Bertz CT molecular complexity index is 1160. The Balaban J connectivity index is 1.92. The zero-order valence-electron chi connectivity index (χ0n) is 16.0. The van der Waals surface area contributed by atoms with Gasteiger partial charge in [-0.2, -0.15) is 0 Å². The SMILES string of the molecule is CC1=C(C(=O)c2ccc(Cl)cc2)C(c2ccco2)C([N+](=O)[O-])=C(c2ccccc2)N1. The summed E-state index contributed by atoms with van der Waals surface area (Å²) in [5, 5.41) is 15.8. The van der Waals surface area contributed by atoms with Crippen molar-refractivity contribution < 1.29 is 14.1 Å². The number of dihydropyridines is 1. The quantitative estimate of drug-likeness (QED) is 0.338. The lowest BCUT2D eigenvalue weighted by molar-refractivity contribution is -0.428. The van der Waals surface area contributed by atoms with Crippen molar-refractivity contribution in [3.8, 4) is 0 Å². The minimum Gasteiger partial charge on any atom is -0.468 e. The van der Waals surface area contributed by atoms with Crippen LogP contribution in [-0.2, 0) is 0 Å². The van der Waals surface area contributed by atoms with Gasteiger partial charge in [0.25, 0.3) is 5.70 Å². The highest BCUT2D eigenvalue weighted by Crippen LogP contribution is 2.42. The lowest BCUT2D eigenvalue weighted by Crippen LogP contribution is -2.31. The number of furan rings is 1. The molecule has 6 nitrogen and oxygen atoms in total. The molecule has 150 valence electrons. The summed E-state index contributed by atoms with van der Waals surface area (Å²) in [6.07, 6.45) is 1.44. The number of rotatable bonds is 5. The van der Waals surface area contributed by atoms with Crippen LogP contribution in [0.15, 0.2) is 94.4 Å². The molecule has 0 spiro atoms. The van der Waals surface area contributed by atoms with Gasteiger partial charge in [-0.05, 0) is 43.3 Å². The summed E-state index contributed by atoms with van der Waals surface area (Å²) in [7, 11) is 0. The van der Waals surface area contributed by atoms with Crippen LogP contribution < -0.4 is 5.32 Å². The number of halogens is 1. The molecule has 0 radical (unpaired) electrons. The van der Waals surface area contributed by atoms with Gasteiger partial charge in [0, 0.05) is 27.4 Å². The third-order valence-corrected chi connectivity index (χ3v) is 5.22. The molecule has 2 aromatic carbocycles. The van der Waals surface area contributed by atoms with Crippen molar-refractivity contribution >= 4 is 23.1 Å². The summed E-state index contributed by atoms with van der Waals surface area (Å²) in [6.45, 7) is 1.73. The van der Waals surface area contributed by atoms with E-state index in [0.29, 0.717) is 33.3 Å². The topological polar surface area (TPSA) is 85.4 Å². The maximum atomic E-state index is 13.4. The molecule has 0 saturated heterocycles. The predicted molar refractivity (Wildman–Crippen MR) is 113 cm³/mol. The van der Waals surface area contributed by atoms with Gasteiger partial charge in [0.1, 0.15) is 17.4 Å². The molecule has 0 fully saturated rings. The fourth-order valence-corrected chi connectivity index (χ4v) is 3.75. The molecule has 3 aromatic rings. The second kappa shape index (κ2) is 8.00. The molecule has 1 unspecified atom stereocenters. The molecule has 1 aliphatic rings. The smallest absolute Gasteiger partial charge is 0.285 e. The van der Waals surface area contributed by atoms with Crippen LogP contribution in [0.2, 0.25) is 5.02 Å². The fourth-order valence-electron chi connectivity index (χ4n) is 3.63. The van der Waals surface area contributed by atoms with Crippen LogP contribution in [0, 0.1) is 10.1 Å². The van der Waals surface area contributed by atoms with E-state index in [2.05, 4.69) is 5.32 Å². The van der Waals surface area contributed by atoms with Gasteiger partial charge in [-0.25, -0.2) is 0 Å². The number of hydrogen-bond acceptors (Lipinski definition) is 5. The Hall–Kier alpha value is -3.64. The molecule has 1 atom stereocenters. The van der Waals surface area contributed by atoms with E-state index in [1.54, 1.807) is 67.6 Å². The van der Waals surface area contributed by atoms with E-state index in [9.17, 15) is 14.9 Å². The molecular weight excluding hydrogens is 404 g/mol. The van der Waals surface area contributed by atoms with Crippen molar-refractivity contribution in [3.05, 3.63) is 122 Å². The normalized spacial score (nSPS) is 16.4. The third-order valence-electron chi connectivity index (χ3n) is 4.97. The number of hydrogen-bond donors (Lipinski definition) is 1. The summed E-state index contributed by atoms with van der Waals surface area (Å²) in [5.41, 5.74) is 2.03. The van der Waals surface area contributed by atoms with Crippen LogP contribution in [0.3, 0.4) is 0 Å². The molecular formula is C23H17ClN2O4. The molecule has 7 heteroatoms. The van der Waals surface area contributed by atoms with Crippen molar-refractivity contribution in [2.75, 3.05) is 0 Å². The summed E-state index contributed by atoms with van der Waals surface area (Å²) < 4.78 is 5.55. The molecule has 1 aromatic heterocycles. The third kappa shape index (κ3) is 3.53. The van der Waals surface area contributed by atoms with Gasteiger partial charge in [0.05, 0.1) is 11.2 Å². The van der Waals surface area contributed by atoms with E-state index in [4.69, 9.17) is 16.0 Å². The molecule has 30 heavy (non-hydrogen) atoms. The van der Waals surface area contributed by atoms with Gasteiger partial charge < -0.3 is 9.73 Å². The number of nitro groups is 1. The Morgan fingerprint density at radius 1 is 1.07 bits per heavy atom. The van der Waals surface area contributed by atoms with Crippen molar-refractivity contribution in [2.24, 2.45) is 0 Å².